The number of primary sulfonamides is 1. The van der Waals surface area contributed by atoms with Crippen molar-refractivity contribution >= 4 is 44.0 Å². The fourth-order valence-electron chi connectivity index (χ4n) is 1.56. The summed E-state index contributed by atoms with van der Waals surface area (Å²) < 4.78 is 22.9. The molecule has 0 spiro atoms. The van der Waals surface area contributed by atoms with E-state index in [2.05, 4.69) is 4.98 Å². The van der Waals surface area contributed by atoms with E-state index in [0.29, 0.717) is 15.2 Å². The van der Waals surface area contributed by atoms with Crippen molar-refractivity contribution in [2.45, 2.75) is 18.6 Å². The highest BCUT2D eigenvalue weighted by Gasteiger charge is 2.38. The van der Waals surface area contributed by atoms with Crippen LogP contribution < -0.4 is 10.0 Å². The first kappa shape index (κ1) is 12.7. The molecule has 94 valence electrons. The second kappa shape index (κ2) is 4.20. The fourth-order valence-corrected chi connectivity index (χ4v) is 3.36. The van der Waals surface area contributed by atoms with E-state index in [4.69, 9.17) is 16.7 Å². The van der Waals surface area contributed by atoms with Gasteiger partial charge in [-0.2, -0.15) is 0 Å². The van der Waals surface area contributed by atoms with Gasteiger partial charge in [-0.3, -0.25) is 9.69 Å². The number of nitrogens with zero attached hydrogens (tertiary/aromatic N) is 2. The Morgan fingerprint density at radius 3 is 2.65 bits per heavy atom. The van der Waals surface area contributed by atoms with Crippen LogP contribution in [-0.4, -0.2) is 31.1 Å². The third kappa shape index (κ3) is 2.44. The lowest BCUT2D eigenvalue weighted by atomic mass is 10.4. The van der Waals surface area contributed by atoms with Crippen LogP contribution in [0.2, 0.25) is 4.34 Å². The van der Waals surface area contributed by atoms with E-state index in [9.17, 15) is 13.2 Å². The van der Waals surface area contributed by atoms with Crippen LogP contribution >= 0.6 is 22.9 Å². The molecular formula is C8H10ClN3O3S2. The van der Waals surface area contributed by atoms with Gasteiger partial charge in [0.2, 0.25) is 15.9 Å². The largest absolute Gasteiger partial charge is 0.287 e. The van der Waals surface area contributed by atoms with Gasteiger partial charge >= 0.3 is 0 Å². The van der Waals surface area contributed by atoms with Crippen molar-refractivity contribution in [3.05, 3.63) is 10.0 Å². The van der Waals surface area contributed by atoms with Crippen LogP contribution in [0.4, 0.5) is 5.13 Å². The third-order valence-corrected chi connectivity index (χ3v) is 5.23. The number of rotatable bonds is 2. The Balaban J connectivity index is 2.27. The minimum atomic E-state index is -3.70. The summed E-state index contributed by atoms with van der Waals surface area (Å²) in [5, 5.41) is 4.59. The highest BCUT2D eigenvalue weighted by Crippen LogP contribution is 2.33. The standard InChI is InChI=1S/C8H10ClN3O3S2/c1-4-7(9)16-8(11-4)12-3-5(2-6(12)13)17(10,14)15/h5H,2-3H2,1H3,(H2,10,14,15). The van der Waals surface area contributed by atoms with E-state index in [1.165, 1.54) is 4.90 Å². The smallest absolute Gasteiger partial charge is 0.230 e. The minimum Gasteiger partial charge on any atom is -0.287 e. The van der Waals surface area contributed by atoms with Gasteiger partial charge < -0.3 is 0 Å². The topological polar surface area (TPSA) is 93.4 Å². The molecule has 6 nitrogen and oxygen atoms in total. The number of nitrogens with two attached hydrogens (primary N) is 1. The Morgan fingerprint density at radius 1 is 1.59 bits per heavy atom. The van der Waals surface area contributed by atoms with Gasteiger partial charge in [0, 0.05) is 13.0 Å². The number of halogens is 1. The number of hydrogen-bond donors (Lipinski definition) is 1. The molecule has 0 aliphatic carbocycles. The average Bonchev–Trinajstić information content (AvgIpc) is 2.71. The number of sulfonamides is 1. The molecule has 1 aromatic rings. The summed E-state index contributed by atoms with van der Waals surface area (Å²) in [6.07, 6.45) is -0.102. The van der Waals surface area contributed by atoms with Gasteiger partial charge in [-0.25, -0.2) is 18.5 Å². The molecule has 2 N–H and O–H groups in total. The zero-order valence-corrected chi connectivity index (χ0v) is 11.3. The predicted octanol–water partition coefficient (Wildman–Crippen LogP) is 0.499. The molecule has 1 fully saturated rings. The van der Waals surface area contributed by atoms with Crippen molar-refractivity contribution in [2.24, 2.45) is 5.14 Å². The van der Waals surface area contributed by atoms with Crippen LogP contribution in [0, 0.1) is 6.92 Å². The molecule has 1 aliphatic heterocycles. The zero-order chi connectivity index (χ0) is 12.8. The normalized spacial score (nSPS) is 21.2. The van der Waals surface area contributed by atoms with Crippen LogP contribution in [0.5, 0.6) is 0 Å². The van der Waals surface area contributed by atoms with E-state index in [0.717, 1.165) is 11.3 Å². The number of carbonyl (C=O) groups excluding carboxylic acids is 1. The SMILES string of the molecule is Cc1nc(N2CC(S(N)(=O)=O)CC2=O)sc1Cl. The van der Waals surface area contributed by atoms with Crippen LogP contribution in [0.15, 0.2) is 0 Å². The number of anilines is 1. The van der Waals surface area contributed by atoms with E-state index < -0.39 is 15.3 Å². The monoisotopic (exact) mass is 295 g/mol. The van der Waals surface area contributed by atoms with Crippen LogP contribution in [0.3, 0.4) is 0 Å². The van der Waals surface area contributed by atoms with Crippen molar-refractivity contribution in [3.8, 4) is 0 Å². The molecule has 1 unspecified atom stereocenters. The lowest BCUT2D eigenvalue weighted by molar-refractivity contribution is -0.117. The highest BCUT2D eigenvalue weighted by molar-refractivity contribution is 7.89. The first-order chi connectivity index (χ1) is 7.79. The van der Waals surface area contributed by atoms with Gasteiger partial charge in [0.25, 0.3) is 0 Å². The van der Waals surface area contributed by atoms with E-state index in [-0.39, 0.29) is 18.9 Å². The molecule has 0 radical (unpaired) electrons. The Kier molecular flexibility index (Phi) is 3.15. The van der Waals surface area contributed by atoms with Crippen LogP contribution in [-0.2, 0) is 14.8 Å². The van der Waals surface area contributed by atoms with Crippen LogP contribution in [0.25, 0.3) is 0 Å². The lowest BCUT2D eigenvalue weighted by Crippen LogP contribution is -2.32. The second-order valence-corrected chi connectivity index (χ2v) is 7.20. The number of thiazole rings is 1. The lowest BCUT2D eigenvalue weighted by Gasteiger charge is -2.11. The third-order valence-electron chi connectivity index (χ3n) is 2.51. The summed E-state index contributed by atoms with van der Waals surface area (Å²) in [5.41, 5.74) is 0.624. The predicted molar refractivity (Wildman–Crippen MR) is 65.7 cm³/mol. The maximum Gasteiger partial charge on any atom is 0.230 e. The molecule has 2 rings (SSSR count). The summed E-state index contributed by atoms with van der Waals surface area (Å²) in [6.45, 7) is 1.76. The van der Waals surface area contributed by atoms with Crippen molar-refractivity contribution in [3.63, 3.8) is 0 Å². The van der Waals surface area contributed by atoms with Crippen molar-refractivity contribution in [1.82, 2.24) is 4.98 Å². The molecule has 2 heterocycles. The summed E-state index contributed by atoms with van der Waals surface area (Å²) >= 11 is 7.01. The van der Waals surface area contributed by atoms with Gasteiger partial charge in [-0.15, -0.1) is 0 Å². The van der Waals surface area contributed by atoms with Crippen molar-refractivity contribution in [1.29, 1.82) is 0 Å². The molecule has 1 aliphatic rings. The maximum atomic E-state index is 11.7. The van der Waals surface area contributed by atoms with Crippen molar-refractivity contribution < 1.29 is 13.2 Å². The number of carbonyl (C=O) groups is 1. The van der Waals surface area contributed by atoms with Gasteiger partial charge in [-0.1, -0.05) is 22.9 Å². The quantitative estimate of drug-likeness (QED) is 0.859. The summed E-state index contributed by atoms with van der Waals surface area (Å²) in [5.74, 6) is -0.297. The average molecular weight is 296 g/mol. The summed E-state index contributed by atoms with van der Waals surface area (Å²) in [7, 11) is -3.70. The Bertz CT molecular complexity index is 549. The van der Waals surface area contributed by atoms with E-state index >= 15 is 0 Å². The molecule has 1 atom stereocenters. The molecule has 0 saturated carbocycles. The molecule has 1 amide bonds. The van der Waals surface area contributed by atoms with Gasteiger partial charge in [0.05, 0.1) is 5.69 Å². The fraction of sp³-hybridized carbons (Fsp3) is 0.500. The van der Waals surface area contributed by atoms with E-state index in [1.54, 1.807) is 6.92 Å². The molecule has 1 saturated heterocycles. The molecule has 0 bridgehead atoms. The Hall–Kier alpha value is -0.700. The molecule has 1 aromatic heterocycles. The Morgan fingerprint density at radius 2 is 2.24 bits per heavy atom. The zero-order valence-electron chi connectivity index (χ0n) is 8.88. The maximum absolute atomic E-state index is 11.7. The number of hydrogen-bond acceptors (Lipinski definition) is 5. The molecule has 0 aromatic carbocycles. The molecular weight excluding hydrogens is 286 g/mol. The number of aryl methyl sites for hydroxylation is 1. The second-order valence-electron chi connectivity index (χ2n) is 3.78. The first-order valence-electron chi connectivity index (χ1n) is 4.74. The Labute approximate surface area is 107 Å². The minimum absolute atomic E-state index is 0.0426. The van der Waals surface area contributed by atoms with Gasteiger partial charge in [0.15, 0.2) is 5.13 Å². The van der Waals surface area contributed by atoms with E-state index in [1.807, 2.05) is 0 Å². The molecule has 17 heavy (non-hydrogen) atoms. The molecule has 9 heteroatoms. The van der Waals surface area contributed by atoms with Crippen molar-refractivity contribution in [2.75, 3.05) is 11.4 Å². The highest BCUT2D eigenvalue weighted by atomic mass is 35.5. The van der Waals surface area contributed by atoms with Gasteiger partial charge in [0.1, 0.15) is 9.59 Å². The number of aromatic nitrogens is 1. The number of amides is 1. The summed E-state index contributed by atoms with van der Waals surface area (Å²) in [6, 6.07) is 0. The van der Waals surface area contributed by atoms with Crippen LogP contribution in [0.1, 0.15) is 12.1 Å². The first-order valence-corrected chi connectivity index (χ1v) is 7.54. The summed E-state index contributed by atoms with van der Waals surface area (Å²) in [4.78, 5) is 17.1. The van der Waals surface area contributed by atoms with Gasteiger partial charge in [-0.05, 0) is 6.92 Å².